The SMILES string of the molecule is CCOc1cc(/C=C2/SC(=O)NC2=O)ccc1OC(=O)c1ccc(F)cc1. The van der Waals surface area contributed by atoms with Crippen molar-refractivity contribution in [2.45, 2.75) is 6.92 Å². The van der Waals surface area contributed by atoms with E-state index in [9.17, 15) is 18.8 Å². The minimum atomic E-state index is -0.654. The van der Waals surface area contributed by atoms with Crippen LogP contribution in [0.2, 0.25) is 0 Å². The van der Waals surface area contributed by atoms with Crippen molar-refractivity contribution in [2.24, 2.45) is 0 Å². The molecule has 0 radical (unpaired) electrons. The predicted octanol–water partition coefficient (Wildman–Crippen LogP) is 3.77. The first kappa shape index (κ1) is 18.7. The smallest absolute Gasteiger partial charge is 0.343 e. The van der Waals surface area contributed by atoms with E-state index >= 15 is 0 Å². The second-order valence-electron chi connectivity index (χ2n) is 5.39. The fourth-order valence-corrected chi connectivity index (χ4v) is 2.97. The van der Waals surface area contributed by atoms with E-state index in [0.29, 0.717) is 17.9 Å². The first-order valence-electron chi connectivity index (χ1n) is 7.95. The fourth-order valence-electron chi connectivity index (χ4n) is 2.28. The third kappa shape index (κ3) is 4.53. The quantitative estimate of drug-likeness (QED) is 0.478. The van der Waals surface area contributed by atoms with Crippen LogP contribution in [0.1, 0.15) is 22.8 Å². The Hall–Kier alpha value is -3.13. The monoisotopic (exact) mass is 387 g/mol. The number of hydrogen-bond donors (Lipinski definition) is 1. The molecule has 1 aliphatic rings. The molecule has 138 valence electrons. The number of amides is 2. The van der Waals surface area contributed by atoms with E-state index in [-0.39, 0.29) is 16.2 Å². The zero-order chi connectivity index (χ0) is 19.4. The van der Waals surface area contributed by atoms with Gasteiger partial charge in [0.1, 0.15) is 5.82 Å². The molecule has 3 rings (SSSR count). The van der Waals surface area contributed by atoms with Crippen LogP contribution < -0.4 is 14.8 Å². The Balaban J connectivity index is 1.84. The number of esters is 1. The predicted molar refractivity (Wildman–Crippen MR) is 98.1 cm³/mol. The van der Waals surface area contributed by atoms with Crippen LogP contribution in [0, 0.1) is 5.82 Å². The van der Waals surface area contributed by atoms with Crippen molar-refractivity contribution in [2.75, 3.05) is 6.61 Å². The summed E-state index contributed by atoms with van der Waals surface area (Å²) in [7, 11) is 0. The summed E-state index contributed by atoms with van der Waals surface area (Å²) >= 11 is 0.806. The van der Waals surface area contributed by atoms with Crippen molar-refractivity contribution in [3.05, 3.63) is 64.3 Å². The van der Waals surface area contributed by atoms with Crippen molar-refractivity contribution >= 4 is 35.0 Å². The minimum absolute atomic E-state index is 0.188. The van der Waals surface area contributed by atoms with Gasteiger partial charge in [-0.25, -0.2) is 9.18 Å². The van der Waals surface area contributed by atoms with Gasteiger partial charge in [0, 0.05) is 0 Å². The lowest BCUT2D eigenvalue weighted by Crippen LogP contribution is -2.17. The van der Waals surface area contributed by atoms with Crippen LogP contribution in [-0.4, -0.2) is 23.7 Å². The molecule has 0 atom stereocenters. The molecule has 2 aromatic carbocycles. The maximum Gasteiger partial charge on any atom is 0.343 e. The van der Waals surface area contributed by atoms with Crippen LogP contribution in [0.3, 0.4) is 0 Å². The van der Waals surface area contributed by atoms with E-state index in [4.69, 9.17) is 9.47 Å². The number of imide groups is 1. The van der Waals surface area contributed by atoms with Gasteiger partial charge in [0.05, 0.1) is 17.1 Å². The van der Waals surface area contributed by atoms with Gasteiger partial charge in [-0.2, -0.15) is 0 Å². The Labute approximate surface area is 158 Å². The molecule has 0 aliphatic carbocycles. The highest BCUT2D eigenvalue weighted by molar-refractivity contribution is 8.18. The van der Waals surface area contributed by atoms with Crippen LogP contribution in [0.5, 0.6) is 11.5 Å². The van der Waals surface area contributed by atoms with Crippen molar-refractivity contribution in [3.63, 3.8) is 0 Å². The topological polar surface area (TPSA) is 81.7 Å². The normalized spacial score (nSPS) is 15.0. The average Bonchev–Trinajstić information content (AvgIpc) is 2.95. The average molecular weight is 387 g/mol. The first-order chi connectivity index (χ1) is 13.0. The Kier molecular flexibility index (Phi) is 5.56. The Morgan fingerprint density at radius 1 is 1.15 bits per heavy atom. The van der Waals surface area contributed by atoms with Crippen molar-refractivity contribution in [1.82, 2.24) is 5.32 Å². The van der Waals surface area contributed by atoms with E-state index in [1.807, 2.05) is 0 Å². The second-order valence-corrected chi connectivity index (χ2v) is 6.40. The van der Waals surface area contributed by atoms with Gasteiger partial charge in [0.25, 0.3) is 11.1 Å². The molecule has 0 spiro atoms. The molecule has 0 unspecified atom stereocenters. The highest BCUT2D eigenvalue weighted by atomic mass is 32.2. The summed E-state index contributed by atoms with van der Waals surface area (Å²) in [5.74, 6) is -1.08. The van der Waals surface area contributed by atoms with Gasteiger partial charge in [0.2, 0.25) is 0 Å². The van der Waals surface area contributed by atoms with Crippen LogP contribution in [-0.2, 0) is 4.79 Å². The molecule has 8 heteroatoms. The van der Waals surface area contributed by atoms with Gasteiger partial charge in [-0.05, 0) is 66.7 Å². The zero-order valence-electron chi connectivity index (χ0n) is 14.2. The van der Waals surface area contributed by atoms with Crippen molar-refractivity contribution in [3.8, 4) is 11.5 Å². The summed E-state index contributed by atoms with van der Waals surface area (Å²) in [4.78, 5) is 35.4. The third-order valence-corrected chi connectivity index (χ3v) is 4.30. The number of hydrogen-bond acceptors (Lipinski definition) is 6. The molecule has 2 amide bonds. The molecule has 0 saturated carbocycles. The summed E-state index contributed by atoms with van der Waals surface area (Å²) in [5.41, 5.74) is 0.801. The molecule has 1 N–H and O–H groups in total. The minimum Gasteiger partial charge on any atom is -0.490 e. The molecule has 27 heavy (non-hydrogen) atoms. The second kappa shape index (κ2) is 8.05. The van der Waals surface area contributed by atoms with Crippen molar-refractivity contribution < 1.29 is 28.2 Å². The lowest BCUT2D eigenvalue weighted by molar-refractivity contribution is -0.115. The number of benzene rings is 2. The Morgan fingerprint density at radius 3 is 2.52 bits per heavy atom. The Bertz CT molecular complexity index is 940. The van der Waals surface area contributed by atoms with Crippen LogP contribution >= 0.6 is 11.8 Å². The maximum absolute atomic E-state index is 13.0. The number of thioether (sulfide) groups is 1. The third-order valence-electron chi connectivity index (χ3n) is 3.49. The summed E-state index contributed by atoms with van der Waals surface area (Å²) in [6.07, 6.45) is 1.54. The summed E-state index contributed by atoms with van der Waals surface area (Å²) in [6.45, 7) is 2.10. The molecule has 1 fully saturated rings. The highest BCUT2D eigenvalue weighted by Gasteiger charge is 2.25. The number of carbonyl (C=O) groups is 3. The van der Waals surface area contributed by atoms with Gasteiger partial charge < -0.3 is 9.47 Å². The molecule has 1 saturated heterocycles. The summed E-state index contributed by atoms with van der Waals surface area (Å²) in [6, 6.07) is 9.73. The van der Waals surface area contributed by atoms with E-state index in [1.54, 1.807) is 25.1 Å². The van der Waals surface area contributed by atoms with Gasteiger partial charge in [0.15, 0.2) is 11.5 Å². The first-order valence-corrected chi connectivity index (χ1v) is 8.77. The van der Waals surface area contributed by atoms with Gasteiger partial charge >= 0.3 is 5.97 Å². The molecule has 1 aliphatic heterocycles. The van der Waals surface area contributed by atoms with E-state index in [1.165, 1.54) is 30.3 Å². The van der Waals surface area contributed by atoms with Gasteiger partial charge in [-0.15, -0.1) is 0 Å². The van der Waals surface area contributed by atoms with Gasteiger partial charge in [-0.1, -0.05) is 6.07 Å². The van der Waals surface area contributed by atoms with E-state index < -0.39 is 22.9 Å². The molecular weight excluding hydrogens is 373 g/mol. The molecule has 0 aromatic heterocycles. The largest absolute Gasteiger partial charge is 0.490 e. The zero-order valence-corrected chi connectivity index (χ0v) is 15.0. The molecule has 0 bridgehead atoms. The molecular formula is C19H14FNO5S. The Morgan fingerprint density at radius 2 is 1.89 bits per heavy atom. The molecule has 1 heterocycles. The number of halogens is 1. The number of carbonyl (C=O) groups excluding carboxylic acids is 3. The highest BCUT2D eigenvalue weighted by Crippen LogP contribution is 2.32. The van der Waals surface area contributed by atoms with E-state index in [0.717, 1.165) is 11.8 Å². The summed E-state index contributed by atoms with van der Waals surface area (Å²) in [5, 5.41) is 1.75. The lowest BCUT2D eigenvalue weighted by atomic mass is 10.1. The van der Waals surface area contributed by atoms with Gasteiger partial charge in [-0.3, -0.25) is 14.9 Å². The number of rotatable bonds is 5. The van der Waals surface area contributed by atoms with E-state index in [2.05, 4.69) is 5.32 Å². The number of ether oxygens (including phenoxy) is 2. The van der Waals surface area contributed by atoms with Crippen LogP contribution in [0.25, 0.3) is 6.08 Å². The lowest BCUT2D eigenvalue weighted by Gasteiger charge is -2.11. The van der Waals surface area contributed by atoms with Crippen LogP contribution in [0.15, 0.2) is 47.4 Å². The summed E-state index contributed by atoms with van der Waals surface area (Å²) < 4.78 is 23.8. The molecule has 2 aromatic rings. The number of nitrogens with one attached hydrogen (secondary N) is 1. The van der Waals surface area contributed by atoms with Crippen LogP contribution in [0.4, 0.5) is 9.18 Å². The standard InChI is InChI=1S/C19H14FNO5S/c1-2-25-15-9-11(10-16-17(22)21-19(24)27-16)3-8-14(15)26-18(23)12-4-6-13(20)7-5-12/h3-10H,2H2,1H3,(H,21,22,24)/b16-10+. The van der Waals surface area contributed by atoms with Crippen molar-refractivity contribution in [1.29, 1.82) is 0 Å². The fraction of sp³-hybridized carbons (Fsp3) is 0.105. The molecule has 6 nitrogen and oxygen atoms in total. The maximum atomic E-state index is 13.0.